The zero-order chi connectivity index (χ0) is 47.6. The SMILES string of the molecule is C[C@@H]1CCc2cc3ccc2[C@H]1C[C@@H](S(=O)(=O)[O-])[C@H]1C=C2C[C@H](C[C@H]4C[C@@H](CO)CC#Cc5cc(O)ccc5[C@@H]2O4)[C@@H]1c1ccc(cc1)[C@](C[C@@H](CCO)[C@]1(O)CCC2(CCCC2)C1)(N=C(N)N)O3.[Na+]. The van der Waals surface area contributed by atoms with Crippen LogP contribution in [0.4, 0.5) is 0 Å². The molecule has 5 aliphatic heterocycles. The Morgan fingerprint density at radius 3 is 2.48 bits per heavy atom. The van der Waals surface area contributed by atoms with E-state index in [9.17, 15) is 33.4 Å². The minimum atomic E-state index is -4.92. The molecule has 12 rings (SSSR count). The summed E-state index contributed by atoms with van der Waals surface area (Å²) in [6.07, 6.45) is 12.0. The van der Waals surface area contributed by atoms with Crippen LogP contribution in [0, 0.1) is 46.8 Å². The molecule has 1 spiro atoms. The van der Waals surface area contributed by atoms with Crippen LogP contribution in [0.15, 0.2) is 77.3 Å². The number of nitrogens with two attached hydrogens (primary N) is 2. The monoisotopic (exact) mass is 969 g/mol. The second kappa shape index (κ2) is 19.9. The third-order valence-electron chi connectivity index (χ3n) is 17.7. The first-order valence-corrected chi connectivity index (χ1v) is 26.6. The van der Waals surface area contributed by atoms with Crippen molar-refractivity contribution in [3.8, 4) is 23.3 Å². The topological polar surface area (TPSA) is 221 Å². The number of aliphatic hydroxyl groups excluding tert-OH is 2. The second-order valence-electron chi connectivity index (χ2n) is 21.9. The van der Waals surface area contributed by atoms with Crippen molar-refractivity contribution >= 4 is 16.1 Å². The summed E-state index contributed by atoms with van der Waals surface area (Å²) in [4.78, 5) is 4.98. The van der Waals surface area contributed by atoms with Crippen LogP contribution in [0.5, 0.6) is 11.5 Å². The number of guanidine groups is 1. The first-order valence-electron chi connectivity index (χ1n) is 25.2. The van der Waals surface area contributed by atoms with Crippen LogP contribution in [0.25, 0.3) is 0 Å². The van der Waals surface area contributed by atoms with Crippen molar-refractivity contribution in [2.75, 3.05) is 13.2 Å². The minimum Gasteiger partial charge on any atom is -0.748 e. The number of aliphatic hydroxyl groups is 3. The number of aryl methyl sites for hydroxylation is 1. The number of nitrogens with zero attached hydrogens (tertiary/aromatic N) is 1. The number of ether oxygens (including phenoxy) is 2. The van der Waals surface area contributed by atoms with Gasteiger partial charge in [-0.25, -0.2) is 13.4 Å². The van der Waals surface area contributed by atoms with Crippen LogP contribution in [-0.4, -0.2) is 69.5 Å². The summed E-state index contributed by atoms with van der Waals surface area (Å²) < 4.78 is 56.7. The summed E-state index contributed by atoms with van der Waals surface area (Å²) in [6.45, 7) is 1.93. The summed E-state index contributed by atoms with van der Waals surface area (Å²) in [5.41, 5.74) is 16.0. The van der Waals surface area contributed by atoms with Crippen molar-refractivity contribution in [1.82, 2.24) is 0 Å². The Morgan fingerprint density at radius 1 is 0.986 bits per heavy atom. The molecule has 8 N–H and O–H groups in total. The number of phenolic OH excluding ortho intramolecular Hbond substituents is 1. The molecule has 0 aromatic heterocycles. The Morgan fingerprint density at radius 2 is 1.75 bits per heavy atom. The van der Waals surface area contributed by atoms with Crippen LogP contribution in [0.3, 0.4) is 0 Å². The number of rotatable bonds is 8. The van der Waals surface area contributed by atoms with E-state index < -0.39 is 50.6 Å². The molecule has 0 amide bonds. The summed E-state index contributed by atoms with van der Waals surface area (Å²) in [5.74, 6) is 4.81. The largest absolute Gasteiger partial charge is 1.00 e. The van der Waals surface area contributed by atoms with Gasteiger partial charge >= 0.3 is 29.6 Å². The number of aliphatic imine (C=N–C) groups is 1. The van der Waals surface area contributed by atoms with Crippen LogP contribution >= 0.6 is 0 Å². The smallest absolute Gasteiger partial charge is 0.748 e. The fraction of sp³-hybridized carbons (Fsp3) is 0.582. The number of phenols is 1. The van der Waals surface area contributed by atoms with E-state index in [1.165, 1.54) is 0 Å². The molecule has 12 nitrogen and oxygen atoms in total. The second-order valence-corrected chi connectivity index (χ2v) is 23.5. The Hall–Kier alpha value is -3.42. The molecule has 3 aromatic rings. The quantitative estimate of drug-likeness (QED) is 0.0455. The summed E-state index contributed by atoms with van der Waals surface area (Å²) in [6, 6.07) is 18.9. The zero-order valence-corrected chi connectivity index (χ0v) is 43.0. The Bertz CT molecular complexity index is 2620. The molecule has 5 heterocycles. The average Bonchev–Trinajstić information content (AvgIpc) is 3.87. The molecular formula is C55H68N3NaO9S. The van der Waals surface area contributed by atoms with Gasteiger partial charge in [0.1, 0.15) is 17.6 Å². The molecule has 0 radical (unpaired) electrons. The summed E-state index contributed by atoms with van der Waals surface area (Å²) in [5, 5.41) is 43.2. The number of benzene rings is 3. The van der Waals surface area contributed by atoms with E-state index in [-0.39, 0.29) is 103 Å². The van der Waals surface area contributed by atoms with Gasteiger partial charge in [0, 0.05) is 42.7 Å². The minimum absolute atomic E-state index is 0. The van der Waals surface area contributed by atoms with Crippen molar-refractivity contribution < 1.29 is 72.4 Å². The molecule has 1 saturated heterocycles. The van der Waals surface area contributed by atoms with E-state index >= 15 is 0 Å². The Kier molecular flexibility index (Phi) is 14.6. The van der Waals surface area contributed by atoms with Crippen molar-refractivity contribution in [1.29, 1.82) is 0 Å². The van der Waals surface area contributed by atoms with Crippen molar-refractivity contribution in [2.24, 2.45) is 51.5 Å². The molecule has 0 unspecified atom stereocenters. The molecule has 10 bridgehead atoms. The van der Waals surface area contributed by atoms with E-state index in [1.54, 1.807) is 12.1 Å². The molecule has 3 aromatic carbocycles. The van der Waals surface area contributed by atoms with E-state index in [0.717, 1.165) is 72.8 Å². The van der Waals surface area contributed by atoms with E-state index in [2.05, 4.69) is 18.8 Å². The fourth-order valence-electron chi connectivity index (χ4n) is 14.5. The number of hydrogen-bond acceptors (Lipinski definition) is 10. The summed E-state index contributed by atoms with van der Waals surface area (Å²) >= 11 is 0. The van der Waals surface area contributed by atoms with Crippen LogP contribution < -0.4 is 45.8 Å². The van der Waals surface area contributed by atoms with Crippen molar-refractivity contribution in [3.05, 3.63) is 106 Å². The van der Waals surface area contributed by atoms with E-state index in [4.69, 9.17) is 25.9 Å². The van der Waals surface area contributed by atoms with Crippen LogP contribution in [0.1, 0.15) is 155 Å². The molecule has 9 aliphatic rings. The summed E-state index contributed by atoms with van der Waals surface area (Å²) in [7, 11) is -4.92. The normalized spacial score (nSPS) is 33.6. The number of aromatic hydroxyl groups is 1. The maximum Gasteiger partial charge on any atom is 1.00 e. The molecule has 69 heavy (non-hydrogen) atoms. The van der Waals surface area contributed by atoms with Gasteiger partial charge in [-0.15, -0.1) is 0 Å². The van der Waals surface area contributed by atoms with Gasteiger partial charge in [0.15, 0.2) is 5.96 Å². The van der Waals surface area contributed by atoms with Gasteiger partial charge in [-0.3, -0.25) is 0 Å². The molecule has 364 valence electrons. The van der Waals surface area contributed by atoms with Crippen molar-refractivity contribution in [3.63, 3.8) is 0 Å². The molecular weight excluding hydrogens is 902 g/mol. The predicted octanol–water partition coefficient (Wildman–Crippen LogP) is 4.68. The Labute approximate surface area is 429 Å². The molecule has 3 fully saturated rings. The van der Waals surface area contributed by atoms with E-state index in [1.807, 2.05) is 54.6 Å². The van der Waals surface area contributed by atoms with Gasteiger partial charge in [-0.1, -0.05) is 74.1 Å². The Balaban J connectivity index is 0.00000593. The zero-order valence-electron chi connectivity index (χ0n) is 40.2. The maximum atomic E-state index is 14.1. The third-order valence-corrected chi connectivity index (χ3v) is 19.0. The van der Waals surface area contributed by atoms with Gasteiger partial charge < -0.3 is 45.9 Å². The van der Waals surface area contributed by atoms with Gasteiger partial charge in [0.2, 0.25) is 5.72 Å². The number of fused-ring (bicyclic) bond motifs is 9. The third kappa shape index (κ3) is 9.93. The van der Waals surface area contributed by atoms with Crippen LogP contribution in [-0.2, 0) is 27.0 Å². The van der Waals surface area contributed by atoms with Gasteiger partial charge in [0.05, 0.1) is 27.1 Å². The predicted molar refractivity (Wildman–Crippen MR) is 258 cm³/mol. The molecule has 4 aliphatic carbocycles. The molecule has 2 saturated carbocycles. The number of hydrogen-bond donors (Lipinski definition) is 6. The van der Waals surface area contributed by atoms with E-state index in [0.29, 0.717) is 61.8 Å². The standard InChI is InChI=1S/C55H69N3O9S.Na/c1-33-7-8-37-26-43-14-16-45(37)47(33)29-49(68(63,64)65)48-28-39-24-38(27-44-23-34(31-60)5-4-6-36-25-42(61)13-15-46(36)51(39)66-44)50(48)35-9-11-40(12-10-35)55(67-43,58-52(56)57)30-41(17-22-59)54(62)21-20-53(32-54)18-2-3-19-53;/h9-16,25-26,28,33-34,38,41,44,47-51,59-62H,2-3,5,7-8,17-24,27,29-32H2,1H3,(H4,56,57,58)(H,63,64,65);/q;+1/p-1/t33-,34+,38-,41-,44-,47+,48-,49-,50+,51-,54+,55-;/m1./s1. The van der Waals surface area contributed by atoms with Gasteiger partial charge in [0.25, 0.3) is 0 Å². The average molecular weight is 970 g/mol. The first kappa shape index (κ1) is 50.5. The van der Waals surface area contributed by atoms with Crippen LogP contribution in [0.2, 0.25) is 0 Å². The molecule has 12 atom stereocenters. The van der Waals surface area contributed by atoms with Gasteiger partial charge in [-0.05, 0) is 170 Å². The number of allylic oxidation sites excluding steroid dienone is 1. The molecule has 14 heteroatoms. The maximum absolute atomic E-state index is 14.1. The first-order chi connectivity index (χ1) is 32.6. The fourth-order valence-corrected chi connectivity index (χ4v) is 15.5. The van der Waals surface area contributed by atoms with Crippen molar-refractivity contribution in [2.45, 2.75) is 150 Å². The van der Waals surface area contributed by atoms with Gasteiger partial charge in [-0.2, -0.15) is 0 Å².